The van der Waals surface area contributed by atoms with Gasteiger partial charge in [-0.25, -0.2) is 13.8 Å². The lowest BCUT2D eigenvalue weighted by molar-refractivity contribution is 0.147. The predicted molar refractivity (Wildman–Crippen MR) is 67.7 cm³/mol. The number of rotatable bonds is 2. The third-order valence-electron chi connectivity index (χ3n) is 3.43. The number of piperazine rings is 1. The lowest BCUT2D eigenvalue weighted by Crippen LogP contribution is -2.54. The van der Waals surface area contributed by atoms with Crippen molar-refractivity contribution >= 4 is 5.82 Å². The summed E-state index contributed by atoms with van der Waals surface area (Å²) in [5.74, 6) is -0.961. The molecule has 5 heteroatoms. The van der Waals surface area contributed by atoms with Gasteiger partial charge in [0.25, 0.3) is 0 Å². The van der Waals surface area contributed by atoms with E-state index in [9.17, 15) is 8.78 Å². The molecule has 1 saturated heterocycles. The fourth-order valence-corrected chi connectivity index (χ4v) is 2.57. The summed E-state index contributed by atoms with van der Waals surface area (Å²) in [6.45, 7) is 8.74. The third-order valence-corrected chi connectivity index (χ3v) is 3.43. The first-order valence-electron chi connectivity index (χ1n) is 6.30. The van der Waals surface area contributed by atoms with Crippen molar-refractivity contribution < 1.29 is 8.78 Å². The standard InChI is InChI=1S/C13H19F2N3/c1-9(2)18-5-4-17(8-10(18)3)13-12(15)6-11(14)7-16-13/h6-7,9-10H,4-5,8H2,1-3H3/t10-/m1/s1. The maximum Gasteiger partial charge on any atom is 0.168 e. The lowest BCUT2D eigenvalue weighted by atomic mass is 10.1. The summed E-state index contributed by atoms with van der Waals surface area (Å²) in [4.78, 5) is 8.12. The molecule has 100 valence electrons. The Labute approximate surface area is 106 Å². The number of nitrogens with zero attached hydrogens (tertiary/aromatic N) is 3. The molecule has 2 heterocycles. The smallest absolute Gasteiger partial charge is 0.168 e. The maximum absolute atomic E-state index is 13.7. The van der Waals surface area contributed by atoms with E-state index >= 15 is 0 Å². The van der Waals surface area contributed by atoms with Crippen LogP contribution in [0.5, 0.6) is 0 Å². The first-order valence-corrected chi connectivity index (χ1v) is 6.30. The van der Waals surface area contributed by atoms with Gasteiger partial charge in [0.2, 0.25) is 0 Å². The van der Waals surface area contributed by atoms with Crippen molar-refractivity contribution in [2.75, 3.05) is 24.5 Å². The van der Waals surface area contributed by atoms with Crippen LogP contribution < -0.4 is 4.90 Å². The number of anilines is 1. The summed E-state index contributed by atoms with van der Waals surface area (Å²) < 4.78 is 26.5. The average Bonchev–Trinajstić information content (AvgIpc) is 2.28. The second kappa shape index (κ2) is 5.18. The number of aromatic nitrogens is 1. The lowest BCUT2D eigenvalue weighted by Gasteiger charge is -2.42. The Balaban J connectivity index is 2.12. The highest BCUT2D eigenvalue weighted by atomic mass is 19.1. The molecular weight excluding hydrogens is 236 g/mol. The van der Waals surface area contributed by atoms with Crippen molar-refractivity contribution in [1.82, 2.24) is 9.88 Å². The molecule has 2 rings (SSSR count). The Morgan fingerprint density at radius 2 is 2.06 bits per heavy atom. The van der Waals surface area contributed by atoms with Crippen LogP contribution in [0.3, 0.4) is 0 Å². The Morgan fingerprint density at radius 1 is 1.33 bits per heavy atom. The normalized spacial score (nSPS) is 21.7. The van der Waals surface area contributed by atoms with Crippen LogP contribution in [0.25, 0.3) is 0 Å². The van der Waals surface area contributed by atoms with Gasteiger partial charge in [-0.3, -0.25) is 4.90 Å². The zero-order chi connectivity index (χ0) is 13.3. The minimum atomic E-state index is -0.634. The first kappa shape index (κ1) is 13.2. The molecule has 0 unspecified atom stereocenters. The van der Waals surface area contributed by atoms with Gasteiger partial charge < -0.3 is 4.90 Å². The van der Waals surface area contributed by atoms with Crippen molar-refractivity contribution in [2.24, 2.45) is 0 Å². The topological polar surface area (TPSA) is 19.4 Å². The van der Waals surface area contributed by atoms with Crippen LogP contribution in [0.15, 0.2) is 12.3 Å². The second-order valence-corrected chi connectivity index (χ2v) is 5.09. The van der Waals surface area contributed by atoms with Crippen molar-refractivity contribution in [2.45, 2.75) is 32.9 Å². The van der Waals surface area contributed by atoms with E-state index in [1.54, 1.807) is 0 Å². The zero-order valence-corrected chi connectivity index (χ0v) is 11.0. The molecule has 1 aromatic rings. The van der Waals surface area contributed by atoms with Crippen LogP contribution in [0.1, 0.15) is 20.8 Å². The highest BCUT2D eigenvalue weighted by Crippen LogP contribution is 2.21. The Kier molecular flexibility index (Phi) is 3.80. The Hall–Kier alpha value is -1.23. The highest BCUT2D eigenvalue weighted by Gasteiger charge is 2.27. The molecule has 3 nitrogen and oxygen atoms in total. The molecule has 0 aromatic carbocycles. The number of hydrogen-bond donors (Lipinski definition) is 0. The van der Waals surface area contributed by atoms with E-state index in [-0.39, 0.29) is 5.82 Å². The molecule has 0 spiro atoms. The molecule has 0 aliphatic carbocycles. The minimum Gasteiger partial charge on any atom is -0.351 e. The van der Waals surface area contributed by atoms with Crippen molar-refractivity contribution in [1.29, 1.82) is 0 Å². The second-order valence-electron chi connectivity index (χ2n) is 5.09. The van der Waals surface area contributed by atoms with Crippen LogP contribution in [0, 0.1) is 11.6 Å². The van der Waals surface area contributed by atoms with Gasteiger partial charge in [-0.15, -0.1) is 0 Å². The Bertz CT molecular complexity index is 423. The molecule has 18 heavy (non-hydrogen) atoms. The average molecular weight is 255 g/mol. The van der Waals surface area contributed by atoms with Gasteiger partial charge >= 0.3 is 0 Å². The van der Waals surface area contributed by atoms with Crippen LogP contribution in [-0.2, 0) is 0 Å². The molecule has 1 aromatic heterocycles. The molecule has 0 saturated carbocycles. The first-order chi connectivity index (χ1) is 8.49. The predicted octanol–water partition coefficient (Wildman–Crippen LogP) is 2.28. The van der Waals surface area contributed by atoms with Gasteiger partial charge in [0.1, 0.15) is 5.82 Å². The molecular formula is C13H19F2N3. The number of pyridine rings is 1. The van der Waals surface area contributed by atoms with Gasteiger partial charge in [0, 0.05) is 37.8 Å². The largest absolute Gasteiger partial charge is 0.351 e. The van der Waals surface area contributed by atoms with Gasteiger partial charge in [-0.2, -0.15) is 0 Å². The fraction of sp³-hybridized carbons (Fsp3) is 0.615. The van der Waals surface area contributed by atoms with E-state index in [0.717, 1.165) is 25.4 Å². The summed E-state index contributed by atoms with van der Waals surface area (Å²) in [6.07, 6.45) is 1.07. The van der Waals surface area contributed by atoms with E-state index in [0.29, 0.717) is 18.6 Å². The molecule has 1 fully saturated rings. The van der Waals surface area contributed by atoms with Crippen molar-refractivity contribution in [3.05, 3.63) is 23.9 Å². The monoisotopic (exact) mass is 255 g/mol. The van der Waals surface area contributed by atoms with Crippen molar-refractivity contribution in [3.63, 3.8) is 0 Å². The summed E-state index contributed by atoms with van der Waals surface area (Å²) in [6, 6.07) is 1.71. The highest BCUT2D eigenvalue weighted by molar-refractivity contribution is 5.40. The molecule has 0 bridgehead atoms. The van der Waals surface area contributed by atoms with E-state index in [1.807, 2.05) is 4.90 Å². The number of hydrogen-bond acceptors (Lipinski definition) is 3. The van der Waals surface area contributed by atoms with E-state index in [1.165, 1.54) is 0 Å². The molecule has 0 N–H and O–H groups in total. The van der Waals surface area contributed by atoms with E-state index in [4.69, 9.17) is 0 Å². The maximum atomic E-state index is 13.7. The van der Waals surface area contributed by atoms with E-state index < -0.39 is 11.6 Å². The van der Waals surface area contributed by atoms with Crippen LogP contribution in [0.2, 0.25) is 0 Å². The third kappa shape index (κ3) is 2.61. The van der Waals surface area contributed by atoms with Gasteiger partial charge in [-0.1, -0.05) is 0 Å². The summed E-state index contributed by atoms with van der Waals surface area (Å²) >= 11 is 0. The SMILES string of the molecule is CC(C)N1CCN(c2ncc(F)cc2F)C[C@H]1C. The van der Waals surface area contributed by atoms with Gasteiger partial charge in [0.15, 0.2) is 11.6 Å². The summed E-state index contributed by atoms with van der Waals surface area (Å²) in [5.41, 5.74) is 0. The van der Waals surface area contributed by atoms with Gasteiger partial charge in [0.05, 0.1) is 6.20 Å². The molecule has 1 aliphatic heterocycles. The number of halogens is 2. The van der Waals surface area contributed by atoms with Gasteiger partial charge in [-0.05, 0) is 20.8 Å². The molecule has 1 aliphatic rings. The molecule has 0 radical (unpaired) electrons. The van der Waals surface area contributed by atoms with Crippen molar-refractivity contribution in [3.8, 4) is 0 Å². The fourth-order valence-electron chi connectivity index (χ4n) is 2.57. The van der Waals surface area contributed by atoms with Crippen LogP contribution >= 0.6 is 0 Å². The Morgan fingerprint density at radius 3 is 2.61 bits per heavy atom. The summed E-state index contributed by atoms with van der Waals surface area (Å²) in [5, 5.41) is 0. The quantitative estimate of drug-likeness (QED) is 0.808. The van der Waals surface area contributed by atoms with Crippen LogP contribution in [0.4, 0.5) is 14.6 Å². The summed E-state index contributed by atoms with van der Waals surface area (Å²) in [7, 11) is 0. The van der Waals surface area contributed by atoms with E-state index in [2.05, 4.69) is 30.7 Å². The molecule has 1 atom stereocenters. The zero-order valence-electron chi connectivity index (χ0n) is 11.0. The minimum absolute atomic E-state index is 0.256. The van der Waals surface area contributed by atoms with Crippen LogP contribution in [-0.4, -0.2) is 41.6 Å². The molecule has 0 amide bonds.